The molecule has 114 valence electrons. The van der Waals surface area contributed by atoms with Gasteiger partial charge in [-0.1, -0.05) is 30.3 Å². The summed E-state index contributed by atoms with van der Waals surface area (Å²) in [5.41, 5.74) is 0. The number of nitrogens with one attached hydrogen (secondary N) is 2. The molecule has 0 aliphatic carbocycles. The van der Waals surface area contributed by atoms with E-state index < -0.39 is 0 Å². The standard InChI is InChI=1S/C16H20N2OS.ClH/c1-12(17-2)10-18-16(19)11-20-15-8-7-13-5-3-4-6-14(13)9-15;/h3-9,12,17H,10-11H2,1-2H3,(H,18,19);1H. The second kappa shape index (κ2) is 8.93. The molecular formula is C16H21ClN2OS. The topological polar surface area (TPSA) is 41.1 Å². The number of rotatable bonds is 6. The quantitative estimate of drug-likeness (QED) is 0.802. The Balaban J connectivity index is 0.00000220. The molecule has 0 spiro atoms. The van der Waals surface area contributed by atoms with E-state index in [4.69, 9.17) is 0 Å². The highest BCUT2D eigenvalue weighted by Gasteiger charge is 2.05. The van der Waals surface area contributed by atoms with Crippen molar-refractivity contribution in [2.75, 3.05) is 19.3 Å². The van der Waals surface area contributed by atoms with Crippen LogP contribution >= 0.6 is 24.2 Å². The van der Waals surface area contributed by atoms with Crippen molar-refractivity contribution >= 4 is 40.8 Å². The van der Waals surface area contributed by atoms with Crippen molar-refractivity contribution in [3.8, 4) is 0 Å². The fourth-order valence-electron chi connectivity index (χ4n) is 1.83. The summed E-state index contributed by atoms with van der Waals surface area (Å²) in [4.78, 5) is 12.9. The number of carbonyl (C=O) groups is 1. The zero-order valence-electron chi connectivity index (χ0n) is 12.3. The van der Waals surface area contributed by atoms with E-state index in [-0.39, 0.29) is 18.3 Å². The van der Waals surface area contributed by atoms with Gasteiger partial charge in [0.2, 0.25) is 5.91 Å². The SMILES string of the molecule is CNC(C)CNC(=O)CSc1ccc2ccccc2c1.Cl. The van der Waals surface area contributed by atoms with Gasteiger partial charge in [-0.25, -0.2) is 0 Å². The predicted molar refractivity (Wildman–Crippen MR) is 93.5 cm³/mol. The highest BCUT2D eigenvalue weighted by Crippen LogP contribution is 2.23. The van der Waals surface area contributed by atoms with E-state index in [0.29, 0.717) is 18.3 Å². The van der Waals surface area contributed by atoms with Crippen molar-refractivity contribution in [1.29, 1.82) is 0 Å². The van der Waals surface area contributed by atoms with Crippen LogP contribution in [0.3, 0.4) is 0 Å². The van der Waals surface area contributed by atoms with Gasteiger partial charge < -0.3 is 10.6 Å². The van der Waals surface area contributed by atoms with Gasteiger partial charge in [-0.05, 0) is 36.9 Å². The van der Waals surface area contributed by atoms with Crippen LogP contribution in [0.25, 0.3) is 10.8 Å². The minimum atomic E-state index is 0. The smallest absolute Gasteiger partial charge is 0.230 e. The number of halogens is 1. The van der Waals surface area contributed by atoms with Crippen LogP contribution < -0.4 is 10.6 Å². The summed E-state index contributed by atoms with van der Waals surface area (Å²) in [6, 6.07) is 14.8. The first-order valence-corrected chi connectivity index (χ1v) is 7.73. The van der Waals surface area contributed by atoms with Crippen molar-refractivity contribution in [3.05, 3.63) is 42.5 Å². The molecule has 1 unspecified atom stereocenters. The Morgan fingerprint density at radius 2 is 1.90 bits per heavy atom. The van der Waals surface area contributed by atoms with Gasteiger partial charge in [-0.15, -0.1) is 24.2 Å². The van der Waals surface area contributed by atoms with E-state index in [9.17, 15) is 4.79 Å². The summed E-state index contributed by atoms with van der Waals surface area (Å²) in [6.45, 7) is 2.70. The summed E-state index contributed by atoms with van der Waals surface area (Å²) in [5.74, 6) is 0.527. The summed E-state index contributed by atoms with van der Waals surface area (Å²) in [6.07, 6.45) is 0. The zero-order chi connectivity index (χ0) is 14.4. The summed E-state index contributed by atoms with van der Waals surface area (Å²) >= 11 is 1.57. The largest absolute Gasteiger partial charge is 0.354 e. The lowest BCUT2D eigenvalue weighted by Crippen LogP contribution is -2.37. The van der Waals surface area contributed by atoms with Gasteiger partial charge in [0.1, 0.15) is 0 Å². The minimum absolute atomic E-state index is 0. The number of fused-ring (bicyclic) bond motifs is 1. The highest BCUT2D eigenvalue weighted by molar-refractivity contribution is 8.00. The van der Waals surface area contributed by atoms with Gasteiger partial charge in [-0.2, -0.15) is 0 Å². The van der Waals surface area contributed by atoms with Gasteiger partial charge in [0.05, 0.1) is 5.75 Å². The molecule has 2 aromatic carbocycles. The molecule has 3 nitrogen and oxygen atoms in total. The van der Waals surface area contributed by atoms with E-state index in [1.807, 2.05) is 26.1 Å². The molecule has 0 aliphatic rings. The summed E-state index contributed by atoms with van der Waals surface area (Å²) in [5, 5.41) is 8.45. The van der Waals surface area contributed by atoms with Crippen LogP contribution in [0.2, 0.25) is 0 Å². The molecule has 1 amide bonds. The Kier molecular flexibility index (Phi) is 7.57. The van der Waals surface area contributed by atoms with Crippen LogP contribution in [0.1, 0.15) is 6.92 Å². The lowest BCUT2D eigenvalue weighted by molar-refractivity contribution is -0.118. The molecule has 1 atom stereocenters. The van der Waals surface area contributed by atoms with E-state index >= 15 is 0 Å². The summed E-state index contributed by atoms with van der Waals surface area (Å²) in [7, 11) is 1.89. The number of likely N-dealkylation sites (N-methyl/N-ethyl adjacent to an activating group) is 1. The Bertz CT molecular complexity index is 591. The van der Waals surface area contributed by atoms with Crippen LogP contribution in [0.4, 0.5) is 0 Å². The Morgan fingerprint density at radius 1 is 1.19 bits per heavy atom. The third-order valence-corrected chi connectivity index (χ3v) is 4.18. The van der Waals surface area contributed by atoms with Crippen LogP contribution in [0, 0.1) is 0 Å². The molecule has 0 saturated heterocycles. The molecule has 2 N–H and O–H groups in total. The fraction of sp³-hybridized carbons (Fsp3) is 0.312. The minimum Gasteiger partial charge on any atom is -0.354 e. The molecule has 5 heteroatoms. The average Bonchev–Trinajstić information content (AvgIpc) is 2.50. The monoisotopic (exact) mass is 324 g/mol. The van der Waals surface area contributed by atoms with Crippen molar-refractivity contribution in [2.24, 2.45) is 0 Å². The van der Waals surface area contributed by atoms with Crippen molar-refractivity contribution in [1.82, 2.24) is 10.6 Å². The second-order valence-corrected chi connectivity index (χ2v) is 5.84. The van der Waals surface area contributed by atoms with E-state index in [1.165, 1.54) is 10.8 Å². The zero-order valence-corrected chi connectivity index (χ0v) is 13.9. The molecule has 2 aromatic rings. The third-order valence-electron chi connectivity index (χ3n) is 3.19. The van der Waals surface area contributed by atoms with Gasteiger partial charge >= 0.3 is 0 Å². The Hall–Kier alpha value is -1.23. The van der Waals surface area contributed by atoms with Gasteiger partial charge in [-0.3, -0.25) is 4.79 Å². The number of amides is 1. The molecule has 0 aromatic heterocycles. The Labute approximate surface area is 136 Å². The molecule has 0 fully saturated rings. The van der Waals surface area contributed by atoms with Gasteiger partial charge in [0.25, 0.3) is 0 Å². The Morgan fingerprint density at radius 3 is 2.62 bits per heavy atom. The number of hydrogen-bond acceptors (Lipinski definition) is 3. The molecule has 2 rings (SSSR count). The summed E-state index contributed by atoms with van der Waals surface area (Å²) < 4.78 is 0. The first kappa shape index (κ1) is 17.8. The lowest BCUT2D eigenvalue weighted by atomic mass is 10.1. The maximum absolute atomic E-state index is 11.7. The van der Waals surface area contributed by atoms with E-state index in [1.54, 1.807) is 11.8 Å². The molecule has 0 bridgehead atoms. The van der Waals surface area contributed by atoms with Crippen molar-refractivity contribution in [2.45, 2.75) is 17.9 Å². The number of carbonyl (C=O) groups excluding carboxylic acids is 1. The highest BCUT2D eigenvalue weighted by atomic mass is 35.5. The molecule has 0 aliphatic heterocycles. The molecule has 21 heavy (non-hydrogen) atoms. The van der Waals surface area contributed by atoms with Gasteiger partial charge in [0.15, 0.2) is 0 Å². The fourth-order valence-corrected chi connectivity index (χ4v) is 2.60. The lowest BCUT2D eigenvalue weighted by Gasteiger charge is -2.11. The van der Waals surface area contributed by atoms with Crippen LogP contribution in [-0.2, 0) is 4.79 Å². The molecule has 0 heterocycles. The average molecular weight is 325 g/mol. The van der Waals surface area contributed by atoms with Crippen LogP contribution in [0.15, 0.2) is 47.4 Å². The first-order chi connectivity index (χ1) is 9.69. The number of thioether (sulfide) groups is 1. The first-order valence-electron chi connectivity index (χ1n) is 6.74. The van der Waals surface area contributed by atoms with Crippen molar-refractivity contribution in [3.63, 3.8) is 0 Å². The second-order valence-electron chi connectivity index (χ2n) is 4.79. The molecular weight excluding hydrogens is 304 g/mol. The number of hydrogen-bond donors (Lipinski definition) is 2. The van der Waals surface area contributed by atoms with E-state index in [0.717, 1.165) is 4.90 Å². The van der Waals surface area contributed by atoms with Gasteiger partial charge in [0, 0.05) is 17.5 Å². The number of benzene rings is 2. The maximum Gasteiger partial charge on any atom is 0.230 e. The van der Waals surface area contributed by atoms with Crippen molar-refractivity contribution < 1.29 is 4.79 Å². The molecule has 0 radical (unpaired) electrons. The maximum atomic E-state index is 11.7. The normalized spacial score (nSPS) is 11.7. The van der Waals surface area contributed by atoms with Crippen LogP contribution in [-0.4, -0.2) is 31.3 Å². The third kappa shape index (κ3) is 5.58. The van der Waals surface area contributed by atoms with Crippen LogP contribution in [0.5, 0.6) is 0 Å². The molecule has 0 saturated carbocycles. The predicted octanol–water partition coefficient (Wildman–Crippen LogP) is 3.08. The van der Waals surface area contributed by atoms with E-state index in [2.05, 4.69) is 41.0 Å².